The molecule has 1 aromatic rings. The van der Waals surface area contributed by atoms with Crippen LogP contribution >= 0.6 is 0 Å². The topological polar surface area (TPSA) is 40.2 Å². The first-order valence-corrected chi connectivity index (χ1v) is 9.24. The van der Waals surface area contributed by atoms with E-state index in [0.717, 1.165) is 30.0 Å². The van der Waals surface area contributed by atoms with Crippen molar-refractivity contribution in [3.8, 4) is 11.5 Å². The minimum Gasteiger partial charge on any atom is -0.493 e. The molecule has 0 amide bonds. The Labute approximate surface area is 158 Å². The highest BCUT2D eigenvalue weighted by atomic mass is 16.5. The molecule has 2 rings (SSSR count). The summed E-state index contributed by atoms with van der Waals surface area (Å²) >= 11 is 0. The van der Waals surface area contributed by atoms with Gasteiger partial charge in [-0.15, -0.1) is 0 Å². The van der Waals surface area contributed by atoms with E-state index in [9.17, 15) is 0 Å². The lowest BCUT2D eigenvalue weighted by atomic mass is 9.78. The molecule has 1 aliphatic rings. The van der Waals surface area contributed by atoms with Gasteiger partial charge in [-0.3, -0.25) is 4.90 Å². The second-order valence-corrected chi connectivity index (χ2v) is 8.73. The van der Waals surface area contributed by atoms with Gasteiger partial charge in [0.1, 0.15) is 6.23 Å². The third-order valence-corrected chi connectivity index (χ3v) is 5.16. The van der Waals surface area contributed by atoms with E-state index in [1.807, 2.05) is 18.2 Å². The Morgan fingerprint density at radius 1 is 1.08 bits per heavy atom. The lowest BCUT2D eigenvalue weighted by Crippen LogP contribution is -2.62. The first kappa shape index (κ1) is 21.0. The van der Waals surface area contributed by atoms with E-state index in [4.69, 9.17) is 18.9 Å². The van der Waals surface area contributed by atoms with Gasteiger partial charge in [0.05, 0.1) is 26.9 Å². The third kappa shape index (κ3) is 4.70. The molecule has 5 heteroatoms. The molecule has 148 valence electrons. The zero-order valence-corrected chi connectivity index (χ0v) is 17.6. The van der Waals surface area contributed by atoms with Crippen molar-refractivity contribution in [2.24, 2.45) is 5.41 Å². The Kier molecular flexibility index (Phi) is 6.59. The summed E-state index contributed by atoms with van der Waals surface area (Å²) in [5, 5.41) is 0. The lowest BCUT2D eigenvalue weighted by molar-refractivity contribution is -0.206. The van der Waals surface area contributed by atoms with Gasteiger partial charge in [0.25, 0.3) is 0 Å². The second-order valence-electron chi connectivity index (χ2n) is 8.73. The van der Waals surface area contributed by atoms with Crippen LogP contribution < -0.4 is 9.47 Å². The number of hydrogen-bond donors (Lipinski definition) is 0. The Morgan fingerprint density at radius 2 is 1.73 bits per heavy atom. The molecule has 0 aliphatic carbocycles. The van der Waals surface area contributed by atoms with Gasteiger partial charge < -0.3 is 18.9 Å². The van der Waals surface area contributed by atoms with Crippen molar-refractivity contribution in [2.45, 2.75) is 65.5 Å². The number of likely N-dealkylation sites (tertiary alicyclic amines) is 1. The molecular formula is C21H35NO4. The smallest absolute Gasteiger partial charge is 0.161 e. The molecule has 1 aromatic carbocycles. The quantitative estimate of drug-likeness (QED) is 0.759. The summed E-state index contributed by atoms with van der Waals surface area (Å²) in [6.07, 6.45) is 1.22. The van der Waals surface area contributed by atoms with E-state index in [2.05, 4.69) is 39.5 Å². The van der Waals surface area contributed by atoms with Crippen molar-refractivity contribution >= 4 is 0 Å². The van der Waals surface area contributed by atoms with E-state index in [1.165, 1.54) is 0 Å². The number of nitrogens with zero attached hydrogens (tertiary/aromatic N) is 1. The monoisotopic (exact) mass is 365 g/mol. The van der Waals surface area contributed by atoms with Crippen LogP contribution in [-0.2, 0) is 16.1 Å². The molecule has 1 fully saturated rings. The summed E-state index contributed by atoms with van der Waals surface area (Å²) < 4.78 is 22.9. The van der Waals surface area contributed by atoms with Crippen LogP contribution in [0.5, 0.6) is 11.5 Å². The lowest BCUT2D eigenvalue weighted by Gasteiger charge is -2.53. The molecule has 1 saturated heterocycles. The van der Waals surface area contributed by atoms with Crippen LogP contribution in [0.2, 0.25) is 0 Å². The van der Waals surface area contributed by atoms with Crippen LogP contribution in [0, 0.1) is 5.41 Å². The number of rotatable bonds is 6. The molecule has 26 heavy (non-hydrogen) atoms. The van der Waals surface area contributed by atoms with Gasteiger partial charge in [0.2, 0.25) is 0 Å². The van der Waals surface area contributed by atoms with Crippen molar-refractivity contribution in [1.82, 2.24) is 4.90 Å². The molecule has 5 nitrogen and oxygen atoms in total. The molecule has 1 aliphatic heterocycles. The highest BCUT2D eigenvalue weighted by molar-refractivity contribution is 5.42. The third-order valence-electron chi connectivity index (χ3n) is 5.16. The van der Waals surface area contributed by atoms with E-state index >= 15 is 0 Å². The number of ether oxygens (including phenoxy) is 4. The fraction of sp³-hybridized carbons (Fsp3) is 0.714. The van der Waals surface area contributed by atoms with Gasteiger partial charge in [0.15, 0.2) is 11.5 Å². The molecule has 1 heterocycles. The Bertz CT molecular complexity index is 594. The maximum absolute atomic E-state index is 6.46. The Morgan fingerprint density at radius 3 is 2.27 bits per heavy atom. The molecule has 0 saturated carbocycles. The summed E-state index contributed by atoms with van der Waals surface area (Å²) in [6, 6.07) is 5.93. The van der Waals surface area contributed by atoms with Crippen LogP contribution in [0.25, 0.3) is 0 Å². The summed E-state index contributed by atoms with van der Waals surface area (Å²) in [7, 11) is 5.09. The Balaban J connectivity index is 2.19. The van der Waals surface area contributed by atoms with Crippen LogP contribution in [-0.4, -0.2) is 50.6 Å². The number of piperidine rings is 1. The molecule has 0 radical (unpaired) electrons. The fourth-order valence-electron chi connectivity index (χ4n) is 3.73. The van der Waals surface area contributed by atoms with E-state index in [-0.39, 0.29) is 23.3 Å². The maximum Gasteiger partial charge on any atom is 0.161 e. The van der Waals surface area contributed by atoms with Crippen LogP contribution in [0.3, 0.4) is 0 Å². The first-order chi connectivity index (χ1) is 12.1. The standard InChI is InChI=1S/C21H35NO4/c1-20(2,3)22-13-16(23-6)12-21(4,5)19(22)26-14-15-9-10-17(24-7)18(11-15)25-8/h9-11,16,19H,12-14H2,1-8H3/t16-,19-/m1/s1. The van der Waals surface area contributed by atoms with Crippen molar-refractivity contribution in [1.29, 1.82) is 0 Å². The van der Waals surface area contributed by atoms with Gasteiger partial charge in [-0.2, -0.15) is 0 Å². The summed E-state index contributed by atoms with van der Waals surface area (Å²) in [5.41, 5.74) is 1.06. The van der Waals surface area contributed by atoms with E-state index < -0.39 is 0 Å². The van der Waals surface area contributed by atoms with Gasteiger partial charge in [-0.25, -0.2) is 0 Å². The van der Waals surface area contributed by atoms with Crippen molar-refractivity contribution in [3.05, 3.63) is 23.8 Å². The van der Waals surface area contributed by atoms with Crippen LogP contribution in [0.15, 0.2) is 18.2 Å². The fourth-order valence-corrected chi connectivity index (χ4v) is 3.73. The largest absolute Gasteiger partial charge is 0.493 e. The Hall–Kier alpha value is -1.30. The van der Waals surface area contributed by atoms with Crippen molar-refractivity contribution in [3.63, 3.8) is 0 Å². The maximum atomic E-state index is 6.46. The SMILES string of the molecule is COc1ccc(CO[C@H]2N(C(C)(C)C)C[C@H](OC)CC2(C)C)cc1OC. The second kappa shape index (κ2) is 8.15. The van der Waals surface area contributed by atoms with Gasteiger partial charge in [-0.05, 0) is 44.9 Å². The highest BCUT2D eigenvalue weighted by Crippen LogP contribution is 2.40. The molecule has 0 N–H and O–H groups in total. The summed E-state index contributed by atoms with van der Waals surface area (Å²) in [6.45, 7) is 12.6. The van der Waals surface area contributed by atoms with Crippen molar-refractivity contribution < 1.29 is 18.9 Å². The predicted octanol–water partition coefficient (Wildman–Crippen LogP) is 4.09. The normalized spacial score (nSPS) is 23.7. The van der Waals surface area contributed by atoms with Gasteiger partial charge in [-0.1, -0.05) is 19.9 Å². The number of methoxy groups -OCH3 is 3. The predicted molar refractivity (Wildman–Crippen MR) is 104 cm³/mol. The zero-order chi connectivity index (χ0) is 19.5. The number of benzene rings is 1. The van der Waals surface area contributed by atoms with Gasteiger partial charge in [0, 0.05) is 24.6 Å². The highest BCUT2D eigenvalue weighted by Gasteiger charge is 2.46. The molecule has 0 aromatic heterocycles. The van der Waals surface area contributed by atoms with E-state index in [1.54, 1.807) is 21.3 Å². The van der Waals surface area contributed by atoms with E-state index in [0.29, 0.717) is 6.61 Å². The van der Waals surface area contributed by atoms with Crippen LogP contribution in [0.1, 0.15) is 46.6 Å². The summed E-state index contributed by atoms with van der Waals surface area (Å²) in [5.74, 6) is 1.46. The zero-order valence-electron chi connectivity index (χ0n) is 17.6. The minimum absolute atomic E-state index is 0.00324. The molecule has 0 spiro atoms. The summed E-state index contributed by atoms with van der Waals surface area (Å²) in [4.78, 5) is 2.42. The van der Waals surface area contributed by atoms with Crippen molar-refractivity contribution in [2.75, 3.05) is 27.9 Å². The average Bonchev–Trinajstić information content (AvgIpc) is 2.58. The first-order valence-electron chi connectivity index (χ1n) is 9.24. The minimum atomic E-state index is -0.0111. The number of hydrogen-bond acceptors (Lipinski definition) is 5. The molecule has 0 bridgehead atoms. The van der Waals surface area contributed by atoms with Crippen LogP contribution in [0.4, 0.5) is 0 Å². The molecule has 0 unspecified atom stereocenters. The molecule has 2 atom stereocenters. The molecular weight excluding hydrogens is 330 g/mol. The van der Waals surface area contributed by atoms with Gasteiger partial charge >= 0.3 is 0 Å². The average molecular weight is 366 g/mol.